The largest absolute Gasteiger partial charge is 0.497 e. The SMILES string of the molecule is CCOC(=O)C1=C(CN2CCN(C(=O)c3ccc(C)o3)CC2)NC(=O)NC1c1ccc(OC)cc1. The van der Waals surface area contributed by atoms with Gasteiger partial charge in [0, 0.05) is 38.4 Å². The number of nitrogens with zero attached hydrogens (tertiary/aromatic N) is 2. The fourth-order valence-corrected chi connectivity index (χ4v) is 4.28. The Bertz CT molecular complexity index is 1120. The van der Waals surface area contributed by atoms with Gasteiger partial charge in [0.15, 0.2) is 5.76 Å². The topological polar surface area (TPSA) is 113 Å². The van der Waals surface area contributed by atoms with Crippen LogP contribution in [0.1, 0.15) is 34.8 Å². The van der Waals surface area contributed by atoms with E-state index in [1.54, 1.807) is 50.1 Å². The number of benzene rings is 1. The Morgan fingerprint density at radius 1 is 1.09 bits per heavy atom. The Hall–Kier alpha value is -3.79. The second-order valence-electron chi connectivity index (χ2n) is 8.40. The van der Waals surface area contributed by atoms with Crippen LogP contribution >= 0.6 is 0 Å². The summed E-state index contributed by atoms with van der Waals surface area (Å²) in [6, 6.07) is 9.59. The number of esters is 1. The molecule has 1 aromatic carbocycles. The first-order valence-electron chi connectivity index (χ1n) is 11.6. The van der Waals surface area contributed by atoms with Crippen molar-refractivity contribution in [2.45, 2.75) is 19.9 Å². The molecular formula is C25H30N4O6. The minimum Gasteiger partial charge on any atom is -0.497 e. The number of hydrogen-bond donors (Lipinski definition) is 2. The van der Waals surface area contributed by atoms with Gasteiger partial charge < -0.3 is 29.4 Å². The first-order valence-corrected chi connectivity index (χ1v) is 11.6. The maximum absolute atomic E-state index is 13.0. The van der Waals surface area contributed by atoms with Crippen molar-refractivity contribution in [3.05, 3.63) is 64.8 Å². The molecule has 0 spiro atoms. The fourth-order valence-electron chi connectivity index (χ4n) is 4.28. The Balaban J connectivity index is 1.52. The molecule has 1 aromatic heterocycles. The smallest absolute Gasteiger partial charge is 0.338 e. The quantitative estimate of drug-likeness (QED) is 0.582. The summed E-state index contributed by atoms with van der Waals surface area (Å²) in [7, 11) is 1.58. The minimum absolute atomic E-state index is 0.140. The molecule has 1 fully saturated rings. The highest BCUT2D eigenvalue weighted by molar-refractivity contribution is 5.95. The van der Waals surface area contributed by atoms with Gasteiger partial charge in [-0.3, -0.25) is 9.69 Å². The van der Waals surface area contributed by atoms with Crippen LogP contribution in [0.3, 0.4) is 0 Å². The van der Waals surface area contributed by atoms with Crippen molar-refractivity contribution in [2.75, 3.05) is 46.4 Å². The van der Waals surface area contributed by atoms with E-state index >= 15 is 0 Å². The molecule has 0 saturated carbocycles. The van der Waals surface area contributed by atoms with Gasteiger partial charge in [0.25, 0.3) is 5.91 Å². The third-order valence-electron chi connectivity index (χ3n) is 6.09. The lowest BCUT2D eigenvalue weighted by Gasteiger charge is -2.36. The highest BCUT2D eigenvalue weighted by Gasteiger charge is 2.35. The van der Waals surface area contributed by atoms with E-state index in [0.717, 1.165) is 5.56 Å². The monoisotopic (exact) mass is 482 g/mol. The molecule has 3 amide bonds. The minimum atomic E-state index is -0.659. The van der Waals surface area contributed by atoms with Gasteiger partial charge in [0.1, 0.15) is 11.5 Å². The molecule has 1 saturated heterocycles. The molecular weight excluding hydrogens is 452 g/mol. The van der Waals surface area contributed by atoms with Crippen LogP contribution < -0.4 is 15.4 Å². The summed E-state index contributed by atoms with van der Waals surface area (Å²) < 4.78 is 16.0. The van der Waals surface area contributed by atoms with E-state index in [1.165, 1.54) is 0 Å². The number of rotatable bonds is 7. The Labute approximate surface area is 203 Å². The number of aryl methyl sites for hydroxylation is 1. The lowest BCUT2D eigenvalue weighted by atomic mass is 9.94. The van der Waals surface area contributed by atoms with Gasteiger partial charge in [-0.15, -0.1) is 0 Å². The van der Waals surface area contributed by atoms with Crippen LogP contribution in [0, 0.1) is 6.92 Å². The van der Waals surface area contributed by atoms with Gasteiger partial charge >= 0.3 is 12.0 Å². The highest BCUT2D eigenvalue weighted by Crippen LogP contribution is 2.29. The Morgan fingerprint density at radius 3 is 2.40 bits per heavy atom. The molecule has 10 heteroatoms. The predicted molar refractivity (Wildman–Crippen MR) is 127 cm³/mol. The number of methoxy groups -OCH3 is 1. The zero-order valence-corrected chi connectivity index (χ0v) is 20.1. The van der Waals surface area contributed by atoms with Crippen LogP contribution in [-0.2, 0) is 9.53 Å². The van der Waals surface area contributed by atoms with Crippen LogP contribution in [0.25, 0.3) is 0 Å². The third kappa shape index (κ3) is 5.48. The summed E-state index contributed by atoms with van der Waals surface area (Å²) >= 11 is 0. The number of nitrogens with one attached hydrogen (secondary N) is 2. The number of ether oxygens (including phenoxy) is 2. The fraction of sp³-hybridized carbons (Fsp3) is 0.400. The normalized spacial score (nSPS) is 18.7. The van der Waals surface area contributed by atoms with Crippen molar-refractivity contribution in [3.63, 3.8) is 0 Å². The maximum atomic E-state index is 13.0. The second kappa shape index (κ2) is 10.6. The summed E-state index contributed by atoms with van der Waals surface area (Å²) in [4.78, 5) is 42.0. The lowest BCUT2D eigenvalue weighted by Crippen LogP contribution is -2.52. The molecule has 2 aromatic rings. The zero-order chi connectivity index (χ0) is 24.9. The van der Waals surface area contributed by atoms with E-state index in [4.69, 9.17) is 13.9 Å². The zero-order valence-electron chi connectivity index (χ0n) is 20.1. The molecule has 35 heavy (non-hydrogen) atoms. The predicted octanol–water partition coefficient (Wildman–Crippen LogP) is 2.23. The number of piperazine rings is 1. The van der Waals surface area contributed by atoms with Crippen LogP contribution in [0.5, 0.6) is 5.75 Å². The van der Waals surface area contributed by atoms with E-state index in [-0.39, 0.29) is 12.5 Å². The molecule has 1 unspecified atom stereocenters. The maximum Gasteiger partial charge on any atom is 0.338 e. The van der Waals surface area contributed by atoms with Crippen molar-refractivity contribution in [1.29, 1.82) is 0 Å². The number of furan rings is 1. The van der Waals surface area contributed by atoms with Gasteiger partial charge in [-0.25, -0.2) is 9.59 Å². The van der Waals surface area contributed by atoms with Crippen molar-refractivity contribution in [2.24, 2.45) is 0 Å². The van der Waals surface area contributed by atoms with Gasteiger partial charge in [-0.2, -0.15) is 0 Å². The van der Waals surface area contributed by atoms with Gasteiger partial charge in [-0.05, 0) is 43.7 Å². The Kier molecular flexibility index (Phi) is 7.40. The molecule has 0 bridgehead atoms. The molecule has 10 nitrogen and oxygen atoms in total. The number of amides is 3. The van der Waals surface area contributed by atoms with Crippen LogP contribution in [0.15, 0.2) is 52.1 Å². The van der Waals surface area contributed by atoms with Crippen molar-refractivity contribution in [1.82, 2.24) is 20.4 Å². The average Bonchev–Trinajstić information content (AvgIpc) is 3.30. The second-order valence-corrected chi connectivity index (χ2v) is 8.40. The molecule has 0 radical (unpaired) electrons. The van der Waals surface area contributed by atoms with Crippen LogP contribution in [0.2, 0.25) is 0 Å². The van der Waals surface area contributed by atoms with E-state index in [0.29, 0.717) is 61.3 Å². The summed E-state index contributed by atoms with van der Waals surface area (Å²) in [6.45, 7) is 6.29. The van der Waals surface area contributed by atoms with Crippen LogP contribution in [-0.4, -0.2) is 74.1 Å². The lowest BCUT2D eigenvalue weighted by molar-refractivity contribution is -0.139. The van der Waals surface area contributed by atoms with Crippen LogP contribution in [0.4, 0.5) is 4.79 Å². The van der Waals surface area contributed by atoms with Gasteiger partial charge in [-0.1, -0.05) is 12.1 Å². The highest BCUT2D eigenvalue weighted by atomic mass is 16.5. The molecule has 3 heterocycles. The summed E-state index contributed by atoms with van der Waals surface area (Å²) in [5.74, 6) is 1.07. The summed E-state index contributed by atoms with van der Waals surface area (Å²) in [5, 5.41) is 5.64. The molecule has 2 aliphatic heterocycles. The van der Waals surface area contributed by atoms with E-state index in [2.05, 4.69) is 15.5 Å². The van der Waals surface area contributed by atoms with Gasteiger partial charge in [0.05, 0.1) is 25.3 Å². The Morgan fingerprint density at radius 2 is 1.80 bits per heavy atom. The number of hydrogen-bond acceptors (Lipinski definition) is 7. The van der Waals surface area contributed by atoms with Crippen molar-refractivity contribution < 1.29 is 28.3 Å². The molecule has 4 rings (SSSR count). The third-order valence-corrected chi connectivity index (χ3v) is 6.09. The summed E-state index contributed by atoms with van der Waals surface area (Å²) in [5.41, 5.74) is 1.60. The van der Waals surface area contributed by atoms with E-state index in [9.17, 15) is 14.4 Å². The first-order chi connectivity index (χ1) is 16.9. The summed E-state index contributed by atoms with van der Waals surface area (Å²) in [6.07, 6.45) is 0. The molecule has 2 N–H and O–H groups in total. The first kappa shape index (κ1) is 24.3. The number of carbonyl (C=O) groups excluding carboxylic acids is 3. The number of urea groups is 1. The van der Waals surface area contributed by atoms with Crippen molar-refractivity contribution in [3.8, 4) is 5.75 Å². The number of carbonyl (C=O) groups is 3. The standard InChI is InChI=1S/C25H30N4O6/c1-4-34-24(31)21-19(26-25(32)27-22(21)17-6-8-18(33-3)9-7-17)15-28-11-13-29(14-12-28)23(30)20-10-5-16(2)35-20/h5-10,22H,4,11-15H2,1-3H3,(H2,26,27,32). The van der Waals surface area contributed by atoms with E-state index in [1.807, 2.05) is 12.1 Å². The molecule has 2 aliphatic rings. The molecule has 1 atom stereocenters. The van der Waals surface area contributed by atoms with Crippen molar-refractivity contribution >= 4 is 17.9 Å². The molecule has 0 aliphatic carbocycles. The van der Waals surface area contributed by atoms with Gasteiger partial charge in [0.2, 0.25) is 0 Å². The molecule has 186 valence electrons. The van der Waals surface area contributed by atoms with E-state index < -0.39 is 18.0 Å². The average molecular weight is 483 g/mol.